The lowest BCUT2D eigenvalue weighted by molar-refractivity contribution is 0.972. The molecule has 212 valence electrons. The van der Waals surface area contributed by atoms with Crippen LogP contribution in [0.5, 0.6) is 0 Å². The lowest BCUT2D eigenvalue weighted by Gasteiger charge is -2.22. The number of para-hydroxylation sites is 1. The number of hydrogen-bond acceptors (Lipinski definition) is 1. The third kappa shape index (κ3) is 5.00. The van der Waals surface area contributed by atoms with Gasteiger partial charge in [-0.3, -0.25) is 0 Å². The molecule has 0 N–H and O–H groups in total. The molecule has 0 spiro atoms. The van der Waals surface area contributed by atoms with Gasteiger partial charge >= 0.3 is 0 Å². The van der Waals surface area contributed by atoms with Gasteiger partial charge in [0.1, 0.15) is 0 Å². The van der Waals surface area contributed by atoms with Crippen LogP contribution in [-0.2, 0) is 12.8 Å². The van der Waals surface area contributed by atoms with E-state index in [-0.39, 0.29) is 5.92 Å². The number of rotatable bonds is 6. The van der Waals surface area contributed by atoms with Crippen molar-refractivity contribution < 1.29 is 0 Å². The summed E-state index contributed by atoms with van der Waals surface area (Å²) in [6, 6.07) is 26.6. The minimum absolute atomic E-state index is 0.283. The van der Waals surface area contributed by atoms with Gasteiger partial charge in [-0.25, -0.2) is 0 Å². The van der Waals surface area contributed by atoms with E-state index >= 15 is 0 Å². The molecule has 2 aromatic heterocycles. The standard InChI is InChI=1S/C41H37NS/c1-4-5-6-15-30-26-31-16-7-8-18-34(31)39(27-30)42-29(3)33(35-19-11-13-22-38(35)42)25-24-28(2)32-17-9-10-21-37-36-20-12-14-23-40(36)43-41(32)37/h5-20,22-25,27-28H,4,21,26H2,1-3H3/b6-5-,25-24-,30-15+. The zero-order valence-corrected chi connectivity index (χ0v) is 26.0. The monoisotopic (exact) mass is 575 g/mol. The van der Waals surface area contributed by atoms with Crippen molar-refractivity contribution in [3.05, 3.63) is 160 Å². The van der Waals surface area contributed by atoms with Crippen LogP contribution in [-0.4, -0.2) is 4.57 Å². The molecule has 2 heterocycles. The first-order valence-corrected chi connectivity index (χ1v) is 16.3. The van der Waals surface area contributed by atoms with Crippen LogP contribution >= 0.6 is 11.3 Å². The highest BCUT2D eigenvalue weighted by molar-refractivity contribution is 7.20. The molecule has 1 atom stereocenters. The second-order valence-corrected chi connectivity index (χ2v) is 12.7. The first kappa shape index (κ1) is 27.4. The van der Waals surface area contributed by atoms with Crippen LogP contribution in [0.1, 0.15) is 53.1 Å². The molecule has 1 nitrogen and oxygen atoms in total. The lowest BCUT2D eigenvalue weighted by Crippen LogP contribution is -2.09. The third-order valence-corrected chi connectivity index (χ3v) is 10.1. The van der Waals surface area contributed by atoms with Crippen molar-refractivity contribution in [2.24, 2.45) is 5.92 Å². The quantitative estimate of drug-likeness (QED) is 0.190. The number of aromatic nitrogens is 1. The van der Waals surface area contributed by atoms with E-state index in [1.165, 1.54) is 70.7 Å². The van der Waals surface area contributed by atoms with Crippen molar-refractivity contribution in [2.75, 3.05) is 0 Å². The molecule has 5 aromatic rings. The van der Waals surface area contributed by atoms with E-state index in [4.69, 9.17) is 0 Å². The summed E-state index contributed by atoms with van der Waals surface area (Å²) in [7, 11) is 0. The Hall–Kier alpha value is -4.40. The first-order valence-electron chi connectivity index (χ1n) is 15.5. The summed E-state index contributed by atoms with van der Waals surface area (Å²) in [4.78, 5) is 1.43. The van der Waals surface area contributed by atoms with E-state index in [1.54, 1.807) is 0 Å². The van der Waals surface area contributed by atoms with Crippen molar-refractivity contribution in [1.29, 1.82) is 0 Å². The van der Waals surface area contributed by atoms with Gasteiger partial charge in [0.15, 0.2) is 0 Å². The van der Waals surface area contributed by atoms with Gasteiger partial charge in [0.2, 0.25) is 0 Å². The maximum absolute atomic E-state index is 2.48. The van der Waals surface area contributed by atoms with Crippen molar-refractivity contribution >= 4 is 49.7 Å². The highest BCUT2D eigenvalue weighted by Crippen LogP contribution is 2.42. The number of thiophene rings is 1. The van der Waals surface area contributed by atoms with Gasteiger partial charge in [0, 0.05) is 37.7 Å². The molecular weight excluding hydrogens is 539 g/mol. The first-order chi connectivity index (χ1) is 21.1. The van der Waals surface area contributed by atoms with Crippen molar-refractivity contribution in [1.82, 2.24) is 4.57 Å². The molecule has 0 amide bonds. The predicted octanol–water partition coefficient (Wildman–Crippen LogP) is 11.3. The summed E-state index contributed by atoms with van der Waals surface area (Å²) < 4.78 is 3.86. The van der Waals surface area contributed by atoms with Crippen LogP contribution in [0.25, 0.3) is 38.3 Å². The zero-order valence-electron chi connectivity index (χ0n) is 25.2. The van der Waals surface area contributed by atoms with E-state index in [1.807, 2.05) is 11.3 Å². The van der Waals surface area contributed by atoms with E-state index in [2.05, 4.69) is 153 Å². The van der Waals surface area contributed by atoms with E-state index in [9.17, 15) is 0 Å². The highest BCUT2D eigenvalue weighted by Gasteiger charge is 2.22. The Morgan fingerprint density at radius 1 is 0.953 bits per heavy atom. The number of fused-ring (bicyclic) bond motifs is 5. The Balaban J connectivity index is 1.32. The Kier molecular flexibility index (Phi) is 7.47. The molecule has 0 aliphatic heterocycles. The number of nitrogens with zero attached hydrogens (tertiary/aromatic N) is 1. The minimum Gasteiger partial charge on any atom is -0.313 e. The second kappa shape index (κ2) is 11.7. The fourth-order valence-corrected chi connectivity index (χ4v) is 8.01. The Labute approximate surface area is 259 Å². The fraction of sp³-hybridized carbons (Fsp3) is 0.171. The Bertz CT molecular complexity index is 2030. The molecule has 0 fully saturated rings. The summed E-state index contributed by atoms with van der Waals surface area (Å²) in [6.45, 7) is 6.80. The number of hydrogen-bond donors (Lipinski definition) is 0. The molecule has 3 aromatic carbocycles. The normalized spacial score (nSPS) is 16.6. The van der Waals surface area contributed by atoms with Crippen LogP contribution in [0.4, 0.5) is 0 Å². The summed E-state index contributed by atoms with van der Waals surface area (Å²) in [6.07, 6.45) is 23.7. The van der Waals surface area contributed by atoms with Gasteiger partial charge in [-0.05, 0) is 72.1 Å². The van der Waals surface area contributed by atoms with Crippen molar-refractivity contribution in [3.63, 3.8) is 0 Å². The van der Waals surface area contributed by atoms with E-state index in [0.717, 1.165) is 19.3 Å². The van der Waals surface area contributed by atoms with Gasteiger partial charge in [-0.2, -0.15) is 0 Å². The predicted molar refractivity (Wildman–Crippen MR) is 189 cm³/mol. The van der Waals surface area contributed by atoms with Gasteiger partial charge in [-0.15, -0.1) is 11.3 Å². The van der Waals surface area contributed by atoms with Crippen molar-refractivity contribution in [2.45, 2.75) is 40.0 Å². The molecule has 0 bridgehead atoms. The smallest absolute Gasteiger partial charge is 0.0537 e. The fourth-order valence-electron chi connectivity index (χ4n) is 6.65. The van der Waals surface area contributed by atoms with Gasteiger partial charge in [0.05, 0.1) is 11.2 Å². The van der Waals surface area contributed by atoms with Gasteiger partial charge < -0.3 is 4.57 Å². The van der Waals surface area contributed by atoms with Gasteiger partial charge in [0.25, 0.3) is 0 Å². The van der Waals surface area contributed by atoms with Gasteiger partial charge in [-0.1, -0.05) is 123 Å². The SMILES string of the molecule is CC/C=C\C=C1\C=C(n2c(C)c(/C=C\C(C)C3=CC=CCc4c3sc3ccccc43)c3ccccc32)c2ccccc2C1. The van der Waals surface area contributed by atoms with Crippen LogP contribution < -0.4 is 0 Å². The molecule has 2 aliphatic carbocycles. The molecule has 0 saturated heterocycles. The molecule has 0 saturated carbocycles. The topological polar surface area (TPSA) is 4.93 Å². The second-order valence-electron chi connectivity index (χ2n) is 11.6. The number of allylic oxidation sites excluding steroid dienone is 10. The Morgan fingerprint density at radius 2 is 1.74 bits per heavy atom. The molecule has 43 heavy (non-hydrogen) atoms. The van der Waals surface area contributed by atoms with Crippen LogP contribution in [0, 0.1) is 12.8 Å². The van der Waals surface area contributed by atoms with Crippen LogP contribution in [0.3, 0.4) is 0 Å². The van der Waals surface area contributed by atoms with E-state index in [0.29, 0.717) is 0 Å². The molecule has 2 heteroatoms. The molecular formula is C41H37NS. The molecule has 0 radical (unpaired) electrons. The Morgan fingerprint density at radius 3 is 2.63 bits per heavy atom. The van der Waals surface area contributed by atoms with Crippen molar-refractivity contribution in [3.8, 4) is 0 Å². The number of benzene rings is 3. The maximum atomic E-state index is 2.48. The van der Waals surface area contributed by atoms with E-state index < -0.39 is 0 Å². The lowest BCUT2D eigenvalue weighted by atomic mass is 9.90. The average molecular weight is 576 g/mol. The summed E-state index contributed by atoms with van der Waals surface area (Å²) in [5.74, 6) is 0.283. The maximum Gasteiger partial charge on any atom is 0.0537 e. The average Bonchev–Trinajstić information content (AvgIpc) is 3.44. The summed E-state index contributed by atoms with van der Waals surface area (Å²) in [5, 5.41) is 2.69. The molecule has 2 aliphatic rings. The molecule has 7 rings (SSSR count). The summed E-state index contributed by atoms with van der Waals surface area (Å²) >= 11 is 1.94. The zero-order chi connectivity index (χ0) is 29.3. The third-order valence-electron chi connectivity index (χ3n) is 8.83. The molecule has 1 unspecified atom stereocenters. The highest BCUT2D eigenvalue weighted by atomic mass is 32.1. The summed E-state index contributed by atoms with van der Waals surface area (Å²) in [5.41, 5.74) is 12.0. The largest absolute Gasteiger partial charge is 0.313 e. The van der Waals surface area contributed by atoms with Crippen LogP contribution in [0.15, 0.2) is 127 Å². The minimum atomic E-state index is 0.283. The van der Waals surface area contributed by atoms with Crippen LogP contribution in [0.2, 0.25) is 0 Å².